The molecule has 0 unspecified atom stereocenters. The molecule has 4 rings (SSSR count). The van der Waals surface area contributed by atoms with Crippen molar-refractivity contribution in [1.82, 2.24) is 9.80 Å². The molecule has 0 spiro atoms. The first kappa shape index (κ1) is 20.3. The second kappa shape index (κ2) is 9.24. The fourth-order valence-electron chi connectivity index (χ4n) is 3.43. The van der Waals surface area contributed by atoms with Crippen LogP contribution in [0.2, 0.25) is 5.02 Å². The fraction of sp³-hybridized carbons (Fsp3) is 0.381. The number of nitrogens with zero attached hydrogens (tertiary/aromatic N) is 2. The van der Waals surface area contributed by atoms with Crippen molar-refractivity contribution in [1.29, 1.82) is 0 Å². The molecule has 2 aliphatic heterocycles. The molecular weight excluding hydrogens is 415 g/mol. The molecule has 1 amide bonds. The highest BCUT2D eigenvalue weighted by Crippen LogP contribution is 2.32. The van der Waals surface area contributed by atoms with Crippen LogP contribution in [0.4, 0.5) is 4.39 Å². The number of halogens is 2. The summed E-state index contributed by atoms with van der Waals surface area (Å²) in [6, 6.07) is 10.7. The van der Waals surface area contributed by atoms with Gasteiger partial charge in [0.1, 0.15) is 5.82 Å². The fourth-order valence-corrected chi connectivity index (χ4v) is 4.50. The Hall–Kier alpha value is -1.96. The summed E-state index contributed by atoms with van der Waals surface area (Å²) in [4.78, 5) is 16.7. The van der Waals surface area contributed by atoms with Crippen LogP contribution in [0, 0.1) is 5.82 Å². The minimum atomic E-state index is -0.324. The molecule has 8 heteroatoms. The van der Waals surface area contributed by atoms with Crippen LogP contribution >= 0.6 is 23.4 Å². The number of thioether (sulfide) groups is 1. The van der Waals surface area contributed by atoms with Crippen LogP contribution in [-0.4, -0.2) is 54.4 Å². The first-order valence-corrected chi connectivity index (χ1v) is 11.0. The molecular formula is C21H22ClFN2O3S. The van der Waals surface area contributed by atoms with E-state index in [2.05, 4.69) is 11.0 Å². The van der Waals surface area contributed by atoms with Crippen LogP contribution < -0.4 is 9.47 Å². The van der Waals surface area contributed by atoms with Crippen molar-refractivity contribution >= 4 is 29.3 Å². The average Bonchev–Trinajstić information content (AvgIpc) is 3.18. The van der Waals surface area contributed by atoms with Gasteiger partial charge in [0.25, 0.3) is 0 Å². The summed E-state index contributed by atoms with van der Waals surface area (Å²) in [6.07, 6.45) is 0. The number of fused-ring (bicyclic) bond motifs is 1. The molecule has 0 aromatic heterocycles. The maximum Gasteiger partial charge on any atom is 0.232 e. The van der Waals surface area contributed by atoms with E-state index in [1.54, 1.807) is 12.1 Å². The smallest absolute Gasteiger partial charge is 0.232 e. The van der Waals surface area contributed by atoms with E-state index in [0.29, 0.717) is 35.2 Å². The van der Waals surface area contributed by atoms with Crippen molar-refractivity contribution in [3.63, 3.8) is 0 Å². The van der Waals surface area contributed by atoms with Gasteiger partial charge in [0.2, 0.25) is 12.7 Å². The lowest BCUT2D eigenvalue weighted by Gasteiger charge is -2.34. The molecule has 0 radical (unpaired) electrons. The van der Waals surface area contributed by atoms with E-state index < -0.39 is 0 Å². The van der Waals surface area contributed by atoms with Gasteiger partial charge < -0.3 is 14.4 Å². The number of ether oxygens (including phenoxy) is 2. The Morgan fingerprint density at radius 3 is 2.66 bits per heavy atom. The largest absolute Gasteiger partial charge is 0.454 e. The maximum absolute atomic E-state index is 13.8. The topological polar surface area (TPSA) is 42.0 Å². The summed E-state index contributed by atoms with van der Waals surface area (Å²) in [7, 11) is 0. The lowest BCUT2D eigenvalue weighted by molar-refractivity contribution is -0.130. The van der Waals surface area contributed by atoms with Crippen LogP contribution in [0.15, 0.2) is 36.4 Å². The quantitative estimate of drug-likeness (QED) is 0.689. The first-order valence-electron chi connectivity index (χ1n) is 9.49. The number of amides is 1. The second-order valence-electron chi connectivity index (χ2n) is 7.07. The Labute approximate surface area is 178 Å². The van der Waals surface area contributed by atoms with E-state index in [1.165, 1.54) is 23.4 Å². The summed E-state index contributed by atoms with van der Waals surface area (Å²) in [5, 5.41) is 0.381. The van der Waals surface area contributed by atoms with E-state index >= 15 is 0 Å². The van der Waals surface area contributed by atoms with Gasteiger partial charge in [-0.1, -0.05) is 23.7 Å². The third kappa shape index (κ3) is 5.15. The predicted molar refractivity (Wildman–Crippen MR) is 112 cm³/mol. The SMILES string of the molecule is O=C(CSCc1ccc(Cl)cc1F)N1CCN(Cc2ccc3c(c2)OCO3)CC1. The van der Waals surface area contributed by atoms with E-state index in [0.717, 1.165) is 31.1 Å². The number of carbonyl (C=O) groups excluding carboxylic acids is 1. The Morgan fingerprint density at radius 1 is 1.07 bits per heavy atom. The van der Waals surface area contributed by atoms with Crippen LogP contribution in [0.25, 0.3) is 0 Å². The standard InChI is InChI=1S/C21H22ClFN2O3S/c22-17-3-2-16(18(23)10-17)12-29-13-21(26)25-7-5-24(6-8-25)11-15-1-4-19-20(9-15)28-14-27-19/h1-4,9-10H,5-8,11-14H2. The van der Waals surface area contributed by atoms with Gasteiger partial charge in [0, 0.05) is 43.5 Å². The summed E-state index contributed by atoms with van der Waals surface area (Å²) < 4.78 is 24.6. The summed E-state index contributed by atoms with van der Waals surface area (Å²) in [6.45, 7) is 4.18. The van der Waals surface area contributed by atoms with Crippen molar-refractivity contribution in [3.8, 4) is 11.5 Å². The van der Waals surface area contributed by atoms with Crippen LogP contribution in [0.3, 0.4) is 0 Å². The van der Waals surface area contributed by atoms with E-state index in [9.17, 15) is 9.18 Å². The molecule has 2 aromatic carbocycles. The van der Waals surface area contributed by atoms with E-state index in [-0.39, 0.29) is 18.5 Å². The molecule has 29 heavy (non-hydrogen) atoms. The minimum Gasteiger partial charge on any atom is -0.454 e. The zero-order valence-electron chi connectivity index (χ0n) is 15.9. The van der Waals surface area contributed by atoms with Gasteiger partial charge in [-0.3, -0.25) is 9.69 Å². The molecule has 1 saturated heterocycles. The number of rotatable bonds is 6. The minimum absolute atomic E-state index is 0.104. The number of piperazine rings is 1. The van der Waals surface area contributed by atoms with Crippen LogP contribution in [-0.2, 0) is 17.1 Å². The van der Waals surface area contributed by atoms with E-state index in [4.69, 9.17) is 21.1 Å². The zero-order chi connectivity index (χ0) is 20.2. The third-order valence-corrected chi connectivity index (χ3v) is 6.27. The highest BCUT2D eigenvalue weighted by atomic mass is 35.5. The number of hydrogen-bond donors (Lipinski definition) is 0. The van der Waals surface area contributed by atoms with Gasteiger partial charge in [0.05, 0.1) is 5.75 Å². The molecule has 0 atom stereocenters. The Morgan fingerprint density at radius 2 is 1.86 bits per heavy atom. The number of carbonyl (C=O) groups is 1. The molecule has 2 aromatic rings. The normalized spacial score (nSPS) is 16.3. The first-order chi connectivity index (χ1) is 14.1. The number of hydrogen-bond acceptors (Lipinski definition) is 5. The van der Waals surface area contributed by atoms with Gasteiger partial charge in [-0.05, 0) is 35.4 Å². The number of benzene rings is 2. The van der Waals surface area contributed by atoms with Crippen molar-refractivity contribution < 1.29 is 18.7 Å². The maximum atomic E-state index is 13.8. The van der Waals surface area contributed by atoms with Crippen molar-refractivity contribution in [2.45, 2.75) is 12.3 Å². The highest BCUT2D eigenvalue weighted by molar-refractivity contribution is 7.99. The molecule has 0 N–H and O–H groups in total. The van der Waals surface area contributed by atoms with Gasteiger partial charge in [0.15, 0.2) is 11.5 Å². The monoisotopic (exact) mass is 436 g/mol. The molecule has 2 aliphatic rings. The lowest BCUT2D eigenvalue weighted by atomic mass is 10.1. The van der Waals surface area contributed by atoms with E-state index in [1.807, 2.05) is 17.0 Å². The van der Waals surface area contributed by atoms with Gasteiger partial charge in [-0.15, -0.1) is 11.8 Å². The van der Waals surface area contributed by atoms with Gasteiger partial charge >= 0.3 is 0 Å². The average molecular weight is 437 g/mol. The Kier molecular flexibility index (Phi) is 6.47. The lowest BCUT2D eigenvalue weighted by Crippen LogP contribution is -2.48. The van der Waals surface area contributed by atoms with Gasteiger partial charge in [-0.2, -0.15) is 0 Å². The van der Waals surface area contributed by atoms with Crippen LogP contribution in [0.5, 0.6) is 11.5 Å². The van der Waals surface area contributed by atoms with Crippen molar-refractivity contribution in [3.05, 3.63) is 58.4 Å². The molecule has 0 aliphatic carbocycles. The highest BCUT2D eigenvalue weighted by Gasteiger charge is 2.22. The molecule has 0 bridgehead atoms. The molecule has 2 heterocycles. The van der Waals surface area contributed by atoms with Crippen molar-refractivity contribution in [2.24, 2.45) is 0 Å². The third-order valence-electron chi connectivity index (χ3n) is 5.07. The Bertz CT molecular complexity index is 890. The van der Waals surface area contributed by atoms with Gasteiger partial charge in [-0.25, -0.2) is 4.39 Å². The molecule has 5 nitrogen and oxygen atoms in total. The predicted octanol–water partition coefficient (Wildman–Crippen LogP) is 3.79. The zero-order valence-corrected chi connectivity index (χ0v) is 17.5. The summed E-state index contributed by atoms with van der Waals surface area (Å²) in [5.74, 6) is 2.18. The Balaban J connectivity index is 1.20. The van der Waals surface area contributed by atoms with Crippen LogP contribution in [0.1, 0.15) is 11.1 Å². The summed E-state index contributed by atoms with van der Waals surface area (Å²) >= 11 is 7.20. The summed E-state index contributed by atoms with van der Waals surface area (Å²) in [5.41, 5.74) is 1.75. The molecule has 0 saturated carbocycles. The molecule has 1 fully saturated rings. The van der Waals surface area contributed by atoms with Crippen molar-refractivity contribution in [2.75, 3.05) is 38.7 Å². The second-order valence-corrected chi connectivity index (χ2v) is 8.50. The molecule has 154 valence electrons.